The van der Waals surface area contributed by atoms with Crippen LogP contribution in [0.4, 0.5) is 0 Å². The van der Waals surface area contributed by atoms with Gasteiger partial charge in [0.05, 0.1) is 17.9 Å². The van der Waals surface area contributed by atoms with Crippen molar-refractivity contribution in [2.24, 2.45) is 0 Å². The minimum Gasteiger partial charge on any atom is -0.513 e. The van der Waals surface area contributed by atoms with E-state index in [-0.39, 0.29) is 35.0 Å². The van der Waals surface area contributed by atoms with Crippen LogP contribution in [-0.2, 0) is 6.42 Å². The van der Waals surface area contributed by atoms with Gasteiger partial charge in [0.25, 0.3) is 0 Å². The summed E-state index contributed by atoms with van der Waals surface area (Å²) < 4.78 is 5.59. The van der Waals surface area contributed by atoms with Gasteiger partial charge < -0.3 is 14.9 Å². The normalized spacial score (nSPS) is 10.3. The van der Waals surface area contributed by atoms with Gasteiger partial charge in [-0.15, -0.1) is 0 Å². The van der Waals surface area contributed by atoms with E-state index in [1.165, 1.54) is 0 Å². The van der Waals surface area contributed by atoms with Crippen molar-refractivity contribution in [1.82, 2.24) is 0 Å². The lowest BCUT2D eigenvalue weighted by Gasteiger charge is -2.15. The van der Waals surface area contributed by atoms with E-state index in [2.05, 4.69) is 6.58 Å². The number of aliphatic hydroxyl groups excluding tert-OH is 1. The van der Waals surface area contributed by atoms with Gasteiger partial charge in [-0.3, -0.25) is 4.79 Å². The molecule has 0 aliphatic carbocycles. The highest BCUT2D eigenvalue weighted by atomic mass is 16.5. The maximum absolute atomic E-state index is 12.5. The Morgan fingerprint density at radius 1 is 1.17 bits per heavy atom. The molecule has 0 spiro atoms. The molecule has 0 fully saturated rings. The first-order valence-corrected chi connectivity index (χ1v) is 7.48. The Kier molecular flexibility index (Phi) is 5.41. The molecular formula is C19H20O4. The zero-order valence-corrected chi connectivity index (χ0v) is 13.1. The smallest absolute Gasteiger partial charge is 0.196 e. The van der Waals surface area contributed by atoms with E-state index < -0.39 is 0 Å². The molecule has 0 aliphatic rings. The van der Waals surface area contributed by atoms with E-state index in [1.807, 2.05) is 13.0 Å². The number of hydrogen-bond donors (Lipinski definition) is 2. The standard InChI is InChI=1S/C19H20O4/c1-3-11-23-19-15(12-13(2)20)9-10-16(18(19)22)17(21)14-7-5-4-6-8-14/h4-10,20,22H,2-3,11-12H2,1H3. The summed E-state index contributed by atoms with van der Waals surface area (Å²) in [5.74, 6) is -0.290. The van der Waals surface area contributed by atoms with Gasteiger partial charge in [0.2, 0.25) is 0 Å². The molecule has 120 valence electrons. The van der Waals surface area contributed by atoms with Crippen molar-refractivity contribution < 1.29 is 19.7 Å². The van der Waals surface area contributed by atoms with Gasteiger partial charge in [0.1, 0.15) is 0 Å². The summed E-state index contributed by atoms with van der Waals surface area (Å²) in [4.78, 5) is 12.5. The fraction of sp³-hybridized carbons (Fsp3) is 0.211. The van der Waals surface area contributed by atoms with Gasteiger partial charge in [-0.1, -0.05) is 49.9 Å². The molecule has 2 aromatic rings. The second-order valence-corrected chi connectivity index (χ2v) is 5.24. The molecule has 0 saturated heterocycles. The first kappa shape index (κ1) is 16.6. The predicted octanol–water partition coefficient (Wildman–Crippen LogP) is 4.03. The number of ketones is 1. The van der Waals surface area contributed by atoms with Crippen molar-refractivity contribution in [3.8, 4) is 11.5 Å². The van der Waals surface area contributed by atoms with E-state index >= 15 is 0 Å². The molecule has 0 aliphatic heterocycles. The highest BCUT2D eigenvalue weighted by molar-refractivity contribution is 6.11. The maximum Gasteiger partial charge on any atom is 0.196 e. The number of phenolic OH excluding ortho intramolecular Hbond substituents is 1. The lowest BCUT2D eigenvalue weighted by atomic mass is 9.99. The Bertz CT molecular complexity index is 705. The van der Waals surface area contributed by atoms with Gasteiger partial charge >= 0.3 is 0 Å². The van der Waals surface area contributed by atoms with Crippen molar-refractivity contribution in [1.29, 1.82) is 0 Å². The lowest BCUT2D eigenvalue weighted by molar-refractivity contribution is 0.103. The van der Waals surface area contributed by atoms with Crippen LogP contribution < -0.4 is 4.74 Å². The minimum absolute atomic E-state index is 0.0344. The molecule has 2 N–H and O–H groups in total. The van der Waals surface area contributed by atoms with E-state index in [1.54, 1.807) is 36.4 Å². The monoisotopic (exact) mass is 312 g/mol. The summed E-state index contributed by atoms with van der Waals surface area (Å²) in [5, 5.41) is 19.9. The van der Waals surface area contributed by atoms with Crippen molar-refractivity contribution >= 4 is 5.78 Å². The average molecular weight is 312 g/mol. The van der Waals surface area contributed by atoms with Crippen LogP contribution >= 0.6 is 0 Å². The molecule has 0 atom stereocenters. The van der Waals surface area contributed by atoms with Crippen LogP contribution in [0.5, 0.6) is 11.5 Å². The first-order valence-electron chi connectivity index (χ1n) is 7.48. The highest BCUT2D eigenvalue weighted by Crippen LogP contribution is 2.36. The minimum atomic E-state index is -0.279. The highest BCUT2D eigenvalue weighted by Gasteiger charge is 2.20. The number of phenols is 1. The summed E-state index contributed by atoms with van der Waals surface area (Å²) in [7, 11) is 0. The quantitative estimate of drug-likeness (QED) is 0.598. The van der Waals surface area contributed by atoms with Crippen LogP contribution in [0.15, 0.2) is 54.8 Å². The Morgan fingerprint density at radius 2 is 1.87 bits per heavy atom. The van der Waals surface area contributed by atoms with Crippen molar-refractivity contribution in [2.75, 3.05) is 6.61 Å². The largest absolute Gasteiger partial charge is 0.513 e. The number of carbonyl (C=O) groups excluding carboxylic acids is 1. The summed E-state index contributed by atoms with van der Waals surface area (Å²) in [6.07, 6.45) is 0.919. The second kappa shape index (κ2) is 7.49. The number of aliphatic hydroxyl groups is 1. The molecular weight excluding hydrogens is 292 g/mol. The molecule has 2 rings (SSSR count). The molecule has 0 saturated carbocycles. The van der Waals surface area contributed by atoms with Gasteiger partial charge in [-0.2, -0.15) is 0 Å². The van der Waals surface area contributed by atoms with Crippen LogP contribution in [-0.4, -0.2) is 22.6 Å². The molecule has 0 unspecified atom stereocenters. The Labute approximate surface area is 135 Å². The number of carbonyl (C=O) groups is 1. The second-order valence-electron chi connectivity index (χ2n) is 5.24. The number of hydrogen-bond acceptors (Lipinski definition) is 4. The van der Waals surface area contributed by atoms with Crippen LogP contribution in [0.2, 0.25) is 0 Å². The van der Waals surface area contributed by atoms with Crippen LogP contribution in [0, 0.1) is 0 Å². The molecule has 23 heavy (non-hydrogen) atoms. The number of aromatic hydroxyl groups is 1. The Hall–Kier alpha value is -2.75. The summed E-state index contributed by atoms with van der Waals surface area (Å²) >= 11 is 0. The SMILES string of the molecule is C=C(O)Cc1ccc(C(=O)c2ccccc2)c(O)c1OCCC. The Morgan fingerprint density at radius 3 is 2.48 bits per heavy atom. The molecule has 0 amide bonds. The van der Waals surface area contributed by atoms with Crippen molar-refractivity contribution in [3.63, 3.8) is 0 Å². The van der Waals surface area contributed by atoms with Crippen LogP contribution in [0.3, 0.4) is 0 Å². The van der Waals surface area contributed by atoms with Crippen molar-refractivity contribution in [2.45, 2.75) is 19.8 Å². The zero-order chi connectivity index (χ0) is 16.8. The van der Waals surface area contributed by atoms with E-state index in [0.717, 1.165) is 6.42 Å². The number of benzene rings is 2. The molecule has 0 radical (unpaired) electrons. The number of rotatable bonds is 7. The van der Waals surface area contributed by atoms with E-state index in [4.69, 9.17) is 4.74 Å². The molecule has 0 bridgehead atoms. The van der Waals surface area contributed by atoms with E-state index in [0.29, 0.717) is 17.7 Å². The molecule has 0 heterocycles. The van der Waals surface area contributed by atoms with Gasteiger partial charge in [0.15, 0.2) is 17.3 Å². The Balaban J connectivity index is 2.45. The topological polar surface area (TPSA) is 66.8 Å². The average Bonchev–Trinajstić information content (AvgIpc) is 2.54. The molecule has 0 aromatic heterocycles. The number of ether oxygens (including phenoxy) is 1. The zero-order valence-electron chi connectivity index (χ0n) is 13.1. The summed E-state index contributed by atoms with van der Waals surface area (Å²) in [5.41, 5.74) is 1.26. The van der Waals surface area contributed by atoms with Crippen molar-refractivity contribution in [3.05, 3.63) is 71.5 Å². The third-order valence-corrected chi connectivity index (χ3v) is 3.34. The maximum atomic E-state index is 12.5. The molecule has 2 aromatic carbocycles. The number of allylic oxidation sites excluding steroid dienone is 1. The van der Waals surface area contributed by atoms with Gasteiger partial charge in [-0.05, 0) is 12.5 Å². The van der Waals surface area contributed by atoms with Gasteiger partial charge in [0, 0.05) is 17.5 Å². The molecule has 4 nitrogen and oxygen atoms in total. The van der Waals surface area contributed by atoms with Gasteiger partial charge in [-0.25, -0.2) is 0 Å². The lowest BCUT2D eigenvalue weighted by Crippen LogP contribution is -2.06. The third kappa shape index (κ3) is 3.92. The summed E-state index contributed by atoms with van der Waals surface area (Å²) in [6.45, 7) is 5.81. The summed E-state index contributed by atoms with van der Waals surface area (Å²) in [6, 6.07) is 12.0. The van der Waals surface area contributed by atoms with Crippen LogP contribution in [0.25, 0.3) is 0 Å². The first-order chi connectivity index (χ1) is 11.0. The fourth-order valence-corrected chi connectivity index (χ4v) is 2.27. The third-order valence-electron chi connectivity index (χ3n) is 3.34. The fourth-order valence-electron chi connectivity index (χ4n) is 2.27. The van der Waals surface area contributed by atoms with Crippen LogP contribution in [0.1, 0.15) is 34.8 Å². The predicted molar refractivity (Wildman–Crippen MR) is 89.2 cm³/mol. The van der Waals surface area contributed by atoms with E-state index in [9.17, 15) is 15.0 Å². The molecule has 4 heteroatoms.